The Morgan fingerprint density at radius 2 is 2.00 bits per heavy atom. The van der Waals surface area contributed by atoms with Crippen LogP contribution >= 0.6 is 29.0 Å². The molecule has 3 atom stereocenters. The number of hydrogen-bond donors (Lipinski definition) is 1. The first-order chi connectivity index (χ1) is 13.2. The van der Waals surface area contributed by atoms with Crippen LogP contribution in [-0.4, -0.2) is 49.8 Å². The van der Waals surface area contributed by atoms with Crippen LogP contribution in [0, 0.1) is 0 Å². The third-order valence-electron chi connectivity index (χ3n) is 4.13. The minimum absolute atomic E-state index is 0.00765. The second-order valence-corrected chi connectivity index (χ2v) is 12.0. The molecule has 1 N–H and O–H groups in total. The Balaban J connectivity index is 1.75. The van der Waals surface area contributed by atoms with Crippen LogP contribution in [0.1, 0.15) is 39.5 Å². The third kappa shape index (κ3) is 6.92. The van der Waals surface area contributed by atoms with Crippen molar-refractivity contribution in [2.45, 2.75) is 55.5 Å². The van der Waals surface area contributed by atoms with Crippen molar-refractivity contribution in [2.24, 2.45) is 0 Å². The summed E-state index contributed by atoms with van der Waals surface area (Å²) in [4.78, 5) is 53.9. The molecular weight excluding hydrogens is 423 g/mol. The quantitative estimate of drug-likeness (QED) is 0.329. The van der Waals surface area contributed by atoms with Gasteiger partial charge in [0.2, 0.25) is 7.37 Å². The summed E-state index contributed by atoms with van der Waals surface area (Å²) in [5.74, 6) is -2.01. The van der Waals surface area contributed by atoms with Crippen LogP contribution in [0.25, 0.3) is 0 Å². The molecule has 0 bridgehead atoms. The van der Waals surface area contributed by atoms with E-state index in [1.807, 2.05) is 25.1 Å². The van der Waals surface area contributed by atoms with Crippen LogP contribution < -0.4 is 0 Å². The van der Waals surface area contributed by atoms with Crippen molar-refractivity contribution in [1.29, 1.82) is 0 Å². The molecule has 2 amide bonds. The van der Waals surface area contributed by atoms with Crippen molar-refractivity contribution in [2.75, 3.05) is 6.16 Å². The van der Waals surface area contributed by atoms with E-state index in [9.17, 15) is 23.8 Å². The molecule has 2 heterocycles. The highest BCUT2D eigenvalue weighted by Gasteiger charge is 2.34. The number of aromatic nitrogens is 1. The smallest absolute Gasteiger partial charge is 0.333 e. The van der Waals surface area contributed by atoms with Crippen molar-refractivity contribution in [1.82, 2.24) is 10.0 Å². The molecule has 0 spiro atoms. The predicted molar refractivity (Wildman–Crippen MR) is 108 cm³/mol. The number of hydroxylamine groups is 2. The van der Waals surface area contributed by atoms with Gasteiger partial charge in [0.1, 0.15) is 5.03 Å². The van der Waals surface area contributed by atoms with Gasteiger partial charge in [0.25, 0.3) is 11.8 Å². The lowest BCUT2D eigenvalue weighted by molar-refractivity contribution is -0.197. The van der Waals surface area contributed by atoms with Crippen LogP contribution in [0.4, 0.5) is 0 Å². The molecular formula is C17H23N2O6PS2. The summed E-state index contributed by atoms with van der Waals surface area (Å²) in [5.41, 5.74) is -0.498. The lowest BCUT2D eigenvalue weighted by atomic mass is 10.3. The summed E-state index contributed by atoms with van der Waals surface area (Å²) < 4.78 is 12.6. The molecule has 11 heteroatoms. The van der Waals surface area contributed by atoms with Crippen molar-refractivity contribution in [3.05, 3.63) is 24.4 Å². The Labute approximate surface area is 171 Å². The van der Waals surface area contributed by atoms with E-state index >= 15 is 0 Å². The number of carbonyl (C=O) groups is 3. The average Bonchev–Trinajstić information content (AvgIpc) is 2.97. The highest BCUT2D eigenvalue weighted by Crippen LogP contribution is 2.50. The number of pyridine rings is 1. The van der Waals surface area contributed by atoms with Crippen LogP contribution in [0.5, 0.6) is 0 Å². The zero-order chi connectivity index (χ0) is 20.7. The van der Waals surface area contributed by atoms with Crippen molar-refractivity contribution in [3.63, 3.8) is 0 Å². The van der Waals surface area contributed by atoms with E-state index in [0.717, 1.165) is 5.03 Å². The summed E-state index contributed by atoms with van der Waals surface area (Å²) in [5, 5.41) is 1.42. The largest absolute Gasteiger partial charge is 0.344 e. The van der Waals surface area contributed by atoms with Crippen LogP contribution in [-0.2, 0) is 23.8 Å². The average molecular weight is 446 g/mol. The van der Waals surface area contributed by atoms with Gasteiger partial charge in [-0.25, -0.2) is 9.78 Å². The fourth-order valence-corrected chi connectivity index (χ4v) is 6.41. The number of rotatable bonds is 10. The maximum absolute atomic E-state index is 12.6. The SMILES string of the molecule is CC(CC(C)P(=O)(O)CCC(=O)ON1C(=O)CCC1=O)SSc1ccccn1. The maximum atomic E-state index is 12.6. The summed E-state index contributed by atoms with van der Waals surface area (Å²) in [6.45, 7) is 3.65. The minimum atomic E-state index is -3.59. The molecule has 1 aromatic heterocycles. The molecule has 3 unspecified atom stereocenters. The first-order valence-electron chi connectivity index (χ1n) is 8.81. The Morgan fingerprint density at radius 3 is 2.61 bits per heavy atom. The number of hydrogen-bond acceptors (Lipinski definition) is 8. The first-order valence-corrected chi connectivity index (χ1v) is 12.9. The topological polar surface area (TPSA) is 114 Å². The van der Waals surface area contributed by atoms with Gasteiger partial charge in [-0.2, -0.15) is 0 Å². The Morgan fingerprint density at radius 1 is 1.32 bits per heavy atom. The summed E-state index contributed by atoms with van der Waals surface area (Å²) in [6.07, 6.45) is 1.63. The van der Waals surface area contributed by atoms with Gasteiger partial charge in [0, 0.05) is 36.1 Å². The van der Waals surface area contributed by atoms with E-state index in [1.165, 1.54) is 10.8 Å². The monoisotopic (exact) mass is 446 g/mol. The number of amides is 2. The van der Waals surface area contributed by atoms with Gasteiger partial charge >= 0.3 is 5.97 Å². The zero-order valence-corrected chi connectivity index (χ0v) is 18.2. The van der Waals surface area contributed by atoms with E-state index in [4.69, 9.17) is 4.84 Å². The molecule has 154 valence electrons. The van der Waals surface area contributed by atoms with Gasteiger partial charge in [-0.1, -0.05) is 30.7 Å². The fourth-order valence-electron chi connectivity index (χ4n) is 2.49. The van der Waals surface area contributed by atoms with E-state index in [1.54, 1.807) is 23.9 Å². The lowest BCUT2D eigenvalue weighted by Crippen LogP contribution is -2.32. The van der Waals surface area contributed by atoms with Gasteiger partial charge in [0.05, 0.1) is 6.42 Å². The highest BCUT2D eigenvalue weighted by atomic mass is 33.1. The molecule has 0 radical (unpaired) electrons. The van der Waals surface area contributed by atoms with Gasteiger partial charge in [-0.3, -0.25) is 14.2 Å². The standard InChI is InChI=1S/C17H23N2O6PS2/c1-12(11-13(2)27-28-14-5-3-4-9-18-14)26(23,24)10-8-17(22)25-19-15(20)6-7-16(19)21/h3-5,9,12-13H,6-8,10-11H2,1-2H3,(H,23,24). The van der Waals surface area contributed by atoms with Gasteiger partial charge in [-0.15, -0.1) is 5.06 Å². The number of carbonyl (C=O) groups excluding carboxylic acids is 3. The van der Waals surface area contributed by atoms with Crippen LogP contribution in [0.15, 0.2) is 29.4 Å². The van der Waals surface area contributed by atoms with Crippen molar-refractivity contribution in [3.8, 4) is 0 Å². The molecule has 0 aliphatic carbocycles. The van der Waals surface area contributed by atoms with E-state index in [-0.39, 0.29) is 30.7 Å². The second kappa shape index (κ2) is 10.4. The number of imide groups is 1. The molecule has 1 aliphatic rings. The van der Waals surface area contributed by atoms with Gasteiger partial charge < -0.3 is 9.73 Å². The second-order valence-electron chi connectivity index (χ2n) is 6.52. The molecule has 0 aromatic carbocycles. The minimum Gasteiger partial charge on any atom is -0.344 e. The molecule has 1 aliphatic heterocycles. The van der Waals surface area contributed by atoms with E-state index < -0.39 is 30.8 Å². The normalized spacial score (nSPS) is 18.6. The predicted octanol–water partition coefficient (Wildman–Crippen LogP) is 3.26. The summed E-state index contributed by atoms with van der Waals surface area (Å²) >= 11 is 0. The van der Waals surface area contributed by atoms with Gasteiger partial charge in [0.15, 0.2) is 0 Å². The molecule has 0 saturated carbocycles. The van der Waals surface area contributed by atoms with Crippen LogP contribution in [0.2, 0.25) is 0 Å². The molecule has 1 saturated heterocycles. The first kappa shape index (κ1) is 22.9. The van der Waals surface area contributed by atoms with Crippen molar-refractivity contribution < 1.29 is 28.7 Å². The molecule has 2 rings (SSSR count). The third-order valence-corrected chi connectivity index (χ3v) is 9.40. The van der Waals surface area contributed by atoms with E-state index in [0.29, 0.717) is 11.5 Å². The lowest BCUT2D eigenvalue weighted by Gasteiger charge is -2.22. The highest BCUT2D eigenvalue weighted by molar-refractivity contribution is 8.76. The van der Waals surface area contributed by atoms with Crippen LogP contribution in [0.3, 0.4) is 0 Å². The summed E-state index contributed by atoms with van der Waals surface area (Å²) in [7, 11) is -0.513. The molecule has 8 nitrogen and oxygen atoms in total. The number of nitrogens with zero attached hydrogens (tertiary/aromatic N) is 2. The van der Waals surface area contributed by atoms with Crippen molar-refractivity contribution >= 4 is 46.7 Å². The van der Waals surface area contributed by atoms with Gasteiger partial charge in [-0.05, 0) is 29.3 Å². The van der Waals surface area contributed by atoms with E-state index in [2.05, 4.69) is 4.98 Å². The molecule has 1 aromatic rings. The Bertz CT molecular complexity index is 747. The fraction of sp³-hybridized carbons (Fsp3) is 0.529. The molecule has 1 fully saturated rings. The molecule has 28 heavy (non-hydrogen) atoms. The Kier molecular flexibility index (Phi) is 8.55. The summed E-state index contributed by atoms with van der Waals surface area (Å²) in [6, 6.07) is 5.63. The Hall–Kier alpha value is -1.35. The zero-order valence-electron chi connectivity index (χ0n) is 15.6. The maximum Gasteiger partial charge on any atom is 0.333 e.